The second-order valence-corrected chi connectivity index (χ2v) is 5.11. The number of benzene rings is 1. The van der Waals surface area contributed by atoms with Crippen LogP contribution in [0.2, 0.25) is 0 Å². The molecule has 1 aromatic rings. The summed E-state index contributed by atoms with van der Waals surface area (Å²) in [4.78, 5) is 0. The van der Waals surface area contributed by atoms with Crippen LogP contribution in [0.5, 0.6) is 0 Å². The fourth-order valence-electron chi connectivity index (χ4n) is 1.39. The first-order valence-corrected chi connectivity index (χ1v) is 5.40. The molecule has 0 aromatic heterocycles. The van der Waals surface area contributed by atoms with Crippen LogP contribution in [-0.2, 0) is 6.54 Å². The number of nitrogens with zero attached hydrogens (tertiary/aromatic N) is 1. The number of quaternary nitrogens is 1. The third kappa shape index (κ3) is 3.03. The maximum absolute atomic E-state index is 13.3. The molecule has 1 aromatic carbocycles. The quantitative estimate of drug-likeness (QED) is 0.672. The normalized spacial score (nSPS) is 12.2. The Morgan fingerprint density at radius 3 is 2.33 bits per heavy atom. The van der Waals surface area contributed by atoms with Gasteiger partial charge in [-0.1, -0.05) is 12.1 Å². The van der Waals surface area contributed by atoms with Gasteiger partial charge in [0.1, 0.15) is 12.4 Å². The Labute approximate surface area is 92.1 Å². The third-order valence-electron chi connectivity index (χ3n) is 3.22. The predicted molar refractivity (Wildman–Crippen MR) is 62.1 cm³/mol. The molecule has 0 unspecified atom stereocenters. The standard InChI is InChI=1S/C13H21FN/c1-10(2)15(4,5)9-12-7-6-11(3)13(14)8-12/h6-8,10H,9H2,1-5H3/q+1. The fraction of sp³-hybridized carbons (Fsp3) is 0.538. The van der Waals surface area contributed by atoms with Crippen molar-refractivity contribution in [1.82, 2.24) is 0 Å². The molecule has 0 aliphatic heterocycles. The molecule has 2 heteroatoms. The van der Waals surface area contributed by atoms with Crippen LogP contribution in [0.25, 0.3) is 0 Å². The molecule has 0 heterocycles. The van der Waals surface area contributed by atoms with Crippen molar-refractivity contribution in [3.05, 3.63) is 35.1 Å². The van der Waals surface area contributed by atoms with E-state index < -0.39 is 0 Å². The van der Waals surface area contributed by atoms with Crippen molar-refractivity contribution in [2.75, 3.05) is 14.1 Å². The molecule has 0 spiro atoms. The average Bonchev–Trinajstić information content (AvgIpc) is 2.10. The monoisotopic (exact) mass is 210 g/mol. The van der Waals surface area contributed by atoms with Crippen LogP contribution in [0.1, 0.15) is 25.0 Å². The highest BCUT2D eigenvalue weighted by atomic mass is 19.1. The average molecular weight is 210 g/mol. The van der Waals surface area contributed by atoms with Crippen molar-refractivity contribution < 1.29 is 8.87 Å². The Balaban J connectivity index is 2.86. The van der Waals surface area contributed by atoms with Crippen molar-refractivity contribution in [2.24, 2.45) is 0 Å². The molecule has 84 valence electrons. The molecule has 0 bridgehead atoms. The predicted octanol–water partition coefficient (Wildman–Crippen LogP) is 3.12. The van der Waals surface area contributed by atoms with Crippen molar-refractivity contribution in [1.29, 1.82) is 0 Å². The Hall–Kier alpha value is -0.890. The number of halogens is 1. The van der Waals surface area contributed by atoms with Crippen LogP contribution < -0.4 is 0 Å². The van der Waals surface area contributed by atoms with Gasteiger partial charge in [-0.3, -0.25) is 0 Å². The maximum atomic E-state index is 13.3. The summed E-state index contributed by atoms with van der Waals surface area (Å²) in [6.45, 7) is 7.03. The molecule has 15 heavy (non-hydrogen) atoms. The highest BCUT2D eigenvalue weighted by Gasteiger charge is 2.20. The third-order valence-corrected chi connectivity index (χ3v) is 3.22. The summed E-state index contributed by atoms with van der Waals surface area (Å²) in [6, 6.07) is 6.05. The molecule has 0 N–H and O–H groups in total. The summed E-state index contributed by atoms with van der Waals surface area (Å²) in [5.41, 5.74) is 1.78. The van der Waals surface area contributed by atoms with E-state index in [1.807, 2.05) is 12.1 Å². The van der Waals surface area contributed by atoms with E-state index in [9.17, 15) is 4.39 Å². The molecule has 0 atom stereocenters. The van der Waals surface area contributed by atoms with Gasteiger partial charge in [0.05, 0.1) is 20.1 Å². The van der Waals surface area contributed by atoms with Gasteiger partial charge in [0, 0.05) is 5.56 Å². The second kappa shape index (κ2) is 4.31. The minimum atomic E-state index is -0.101. The van der Waals surface area contributed by atoms with E-state index in [0.717, 1.165) is 16.6 Å². The zero-order chi connectivity index (χ0) is 11.6. The van der Waals surface area contributed by atoms with Gasteiger partial charge in [0.2, 0.25) is 0 Å². The van der Waals surface area contributed by atoms with Gasteiger partial charge in [0.15, 0.2) is 0 Å². The molecular formula is C13H21FN+. The summed E-state index contributed by atoms with van der Waals surface area (Å²) >= 11 is 0. The highest BCUT2D eigenvalue weighted by molar-refractivity contribution is 5.22. The molecule has 1 nitrogen and oxygen atoms in total. The topological polar surface area (TPSA) is 0 Å². The molecule has 0 amide bonds. The van der Waals surface area contributed by atoms with Gasteiger partial charge in [-0.15, -0.1) is 0 Å². The number of aryl methyl sites for hydroxylation is 1. The number of hydrogen-bond donors (Lipinski definition) is 0. The first-order chi connectivity index (χ1) is 6.83. The summed E-state index contributed by atoms with van der Waals surface area (Å²) in [5.74, 6) is -0.101. The molecule has 0 saturated carbocycles. The van der Waals surface area contributed by atoms with Gasteiger partial charge < -0.3 is 4.48 Å². The second-order valence-electron chi connectivity index (χ2n) is 5.11. The zero-order valence-electron chi connectivity index (χ0n) is 10.3. The van der Waals surface area contributed by atoms with Crippen LogP contribution in [0.4, 0.5) is 4.39 Å². The Kier molecular flexibility index (Phi) is 3.50. The van der Waals surface area contributed by atoms with Crippen LogP contribution in [0, 0.1) is 12.7 Å². The number of rotatable bonds is 3. The summed E-state index contributed by atoms with van der Waals surface area (Å²) in [7, 11) is 4.34. The summed E-state index contributed by atoms with van der Waals surface area (Å²) < 4.78 is 14.2. The molecule has 0 radical (unpaired) electrons. The van der Waals surface area contributed by atoms with Crippen LogP contribution in [0.15, 0.2) is 18.2 Å². The molecule has 0 fully saturated rings. The Morgan fingerprint density at radius 2 is 1.87 bits per heavy atom. The highest BCUT2D eigenvalue weighted by Crippen LogP contribution is 2.16. The van der Waals surface area contributed by atoms with Crippen LogP contribution >= 0.6 is 0 Å². The van der Waals surface area contributed by atoms with E-state index in [1.165, 1.54) is 0 Å². The lowest BCUT2D eigenvalue weighted by Crippen LogP contribution is -2.44. The van der Waals surface area contributed by atoms with E-state index in [1.54, 1.807) is 13.0 Å². The van der Waals surface area contributed by atoms with Gasteiger partial charge >= 0.3 is 0 Å². The maximum Gasteiger partial charge on any atom is 0.126 e. The smallest absolute Gasteiger partial charge is 0.126 e. The minimum absolute atomic E-state index is 0.101. The minimum Gasteiger partial charge on any atom is -0.323 e. The Morgan fingerprint density at radius 1 is 1.27 bits per heavy atom. The zero-order valence-corrected chi connectivity index (χ0v) is 10.3. The van der Waals surface area contributed by atoms with Crippen molar-refractivity contribution >= 4 is 0 Å². The van der Waals surface area contributed by atoms with E-state index in [4.69, 9.17) is 0 Å². The lowest BCUT2D eigenvalue weighted by Gasteiger charge is -2.34. The molecule has 0 saturated heterocycles. The summed E-state index contributed by atoms with van der Waals surface area (Å²) in [6.07, 6.45) is 0. The first kappa shape index (κ1) is 12.2. The van der Waals surface area contributed by atoms with Crippen molar-refractivity contribution in [3.63, 3.8) is 0 Å². The lowest BCUT2D eigenvalue weighted by atomic mass is 10.1. The molecule has 0 aliphatic carbocycles. The van der Waals surface area contributed by atoms with Gasteiger partial charge in [-0.2, -0.15) is 0 Å². The van der Waals surface area contributed by atoms with Crippen LogP contribution in [0.3, 0.4) is 0 Å². The molecule has 1 rings (SSSR count). The van der Waals surface area contributed by atoms with Gasteiger partial charge in [0.25, 0.3) is 0 Å². The SMILES string of the molecule is Cc1ccc(C[N+](C)(C)C(C)C)cc1F. The van der Waals surface area contributed by atoms with Crippen molar-refractivity contribution in [3.8, 4) is 0 Å². The Bertz CT molecular complexity index is 342. The first-order valence-electron chi connectivity index (χ1n) is 5.40. The van der Waals surface area contributed by atoms with E-state index in [2.05, 4.69) is 27.9 Å². The lowest BCUT2D eigenvalue weighted by molar-refractivity contribution is -0.924. The van der Waals surface area contributed by atoms with E-state index >= 15 is 0 Å². The van der Waals surface area contributed by atoms with Gasteiger partial charge in [-0.25, -0.2) is 4.39 Å². The van der Waals surface area contributed by atoms with Crippen molar-refractivity contribution in [2.45, 2.75) is 33.4 Å². The van der Waals surface area contributed by atoms with Crippen LogP contribution in [-0.4, -0.2) is 24.6 Å². The largest absolute Gasteiger partial charge is 0.323 e. The van der Waals surface area contributed by atoms with E-state index in [0.29, 0.717) is 11.6 Å². The summed E-state index contributed by atoms with van der Waals surface area (Å²) in [5, 5.41) is 0. The fourth-order valence-corrected chi connectivity index (χ4v) is 1.39. The molecule has 0 aliphatic rings. The van der Waals surface area contributed by atoms with Gasteiger partial charge in [-0.05, 0) is 32.4 Å². The number of hydrogen-bond acceptors (Lipinski definition) is 0. The molecular weight excluding hydrogens is 189 g/mol. The van der Waals surface area contributed by atoms with E-state index in [-0.39, 0.29) is 5.82 Å².